The molecule has 0 saturated heterocycles. The standard InChI is InChI=1S/C11H19N3O2/c1-4-14-8(3)11(7(2)13-14)9(12)5-6-10(15)16/h9H,4-6,12H2,1-3H3,(H,15,16). The van der Waals surface area contributed by atoms with Crippen molar-refractivity contribution in [1.82, 2.24) is 9.78 Å². The highest BCUT2D eigenvalue weighted by Gasteiger charge is 2.17. The first kappa shape index (κ1) is 12.7. The molecule has 1 rings (SSSR count). The van der Waals surface area contributed by atoms with Crippen molar-refractivity contribution < 1.29 is 9.90 Å². The molecule has 90 valence electrons. The Morgan fingerprint density at radius 1 is 1.56 bits per heavy atom. The number of nitrogens with two attached hydrogens (primary N) is 1. The number of aliphatic carboxylic acids is 1. The molecule has 0 aromatic carbocycles. The number of carboxylic acid groups (broad SMARTS) is 1. The van der Waals surface area contributed by atoms with E-state index in [9.17, 15) is 4.79 Å². The molecule has 3 N–H and O–H groups in total. The van der Waals surface area contributed by atoms with Crippen molar-refractivity contribution in [2.24, 2.45) is 5.73 Å². The van der Waals surface area contributed by atoms with Gasteiger partial charge in [0.05, 0.1) is 5.69 Å². The molecule has 1 heterocycles. The number of carbonyl (C=O) groups is 1. The number of nitrogens with zero attached hydrogens (tertiary/aromatic N) is 2. The second-order valence-electron chi connectivity index (χ2n) is 3.94. The van der Waals surface area contributed by atoms with Crippen LogP contribution >= 0.6 is 0 Å². The molecule has 16 heavy (non-hydrogen) atoms. The van der Waals surface area contributed by atoms with Gasteiger partial charge in [0.15, 0.2) is 0 Å². The number of carboxylic acids is 1. The summed E-state index contributed by atoms with van der Waals surface area (Å²) in [4.78, 5) is 10.5. The van der Waals surface area contributed by atoms with Crippen LogP contribution in [0, 0.1) is 13.8 Å². The van der Waals surface area contributed by atoms with E-state index in [-0.39, 0.29) is 12.5 Å². The molecule has 0 aliphatic rings. The van der Waals surface area contributed by atoms with E-state index in [1.807, 2.05) is 25.5 Å². The van der Waals surface area contributed by atoms with Crippen molar-refractivity contribution in [2.45, 2.75) is 46.2 Å². The van der Waals surface area contributed by atoms with Gasteiger partial charge in [0, 0.05) is 30.3 Å². The third kappa shape index (κ3) is 2.61. The zero-order valence-electron chi connectivity index (χ0n) is 10.0. The number of hydrogen-bond acceptors (Lipinski definition) is 3. The molecule has 0 radical (unpaired) electrons. The van der Waals surface area contributed by atoms with Gasteiger partial charge in [-0.15, -0.1) is 0 Å². The maximum atomic E-state index is 10.5. The van der Waals surface area contributed by atoms with Gasteiger partial charge in [0.1, 0.15) is 0 Å². The third-order valence-corrected chi connectivity index (χ3v) is 2.78. The Labute approximate surface area is 95.3 Å². The summed E-state index contributed by atoms with van der Waals surface area (Å²) in [6.45, 7) is 6.71. The topological polar surface area (TPSA) is 81.1 Å². The average Bonchev–Trinajstić information content (AvgIpc) is 2.50. The molecular weight excluding hydrogens is 206 g/mol. The van der Waals surface area contributed by atoms with Gasteiger partial charge in [-0.25, -0.2) is 0 Å². The lowest BCUT2D eigenvalue weighted by molar-refractivity contribution is -0.137. The van der Waals surface area contributed by atoms with Crippen LogP contribution in [0.5, 0.6) is 0 Å². The molecule has 0 spiro atoms. The molecule has 0 fully saturated rings. The van der Waals surface area contributed by atoms with Gasteiger partial charge < -0.3 is 10.8 Å². The molecular formula is C11H19N3O2. The highest BCUT2D eigenvalue weighted by molar-refractivity contribution is 5.66. The largest absolute Gasteiger partial charge is 0.481 e. The minimum Gasteiger partial charge on any atom is -0.481 e. The molecule has 1 unspecified atom stereocenters. The van der Waals surface area contributed by atoms with Gasteiger partial charge in [-0.3, -0.25) is 9.48 Å². The van der Waals surface area contributed by atoms with E-state index in [2.05, 4.69) is 5.10 Å². The van der Waals surface area contributed by atoms with Gasteiger partial charge in [-0.1, -0.05) is 0 Å². The van der Waals surface area contributed by atoms with Gasteiger partial charge in [-0.2, -0.15) is 5.10 Å². The number of rotatable bonds is 5. The van der Waals surface area contributed by atoms with E-state index in [4.69, 9.17) is 10.8 Å². The Morgan fingerprint density at radius 3 is 2.62 bits per heavy atom. The van der Waals surface area contributed by atoms with Gasteiger partial charge >= 0.3 is 5.97 Å². The van der Waals surface area contributed by atoms with Gasteiger partial charge in [-0.05, 0) is 27.2 Å². The third-order valence-electron chi connectivity index (χ3n) is 2.78. The SMILES string of the molecule is CCn1nc(C)c(C(N)CCC(=O)O)c1C. The van der Waals surface area contributed by atoms with Crippen LogP contribution < -0.4 is 5.73 Å². The second-order valence-corrected chi connectivity index (χ2v) is 3.94. The molecule has 0 aliphatic carbocycles. The summed E-state index contributed by atoms with van der Waals surface area (Å²) < 4.78 is 1.89. The van der Waals surface area contributed by atoms with Crippen molar-refractivity contribution in [3.05, 3.63) is 17.0 Å². The van der Waals surface area contributed by atoms with Crippen molar-refractivity contribution in [1.29, 1.82) is 0 Å². The van der Waals surface area contributed by atoms with Gasteiger partial charge in [0.25, 0.3) is 0 Å². The summed E-state index contributed by atoms with van der Waals surface area (Å²) in [5.41, 5.74) is 8.93. The fraction of sp³-hybridized carbons (Fsp3) is 0.636. The highest BCUT2D eigenvalue weighted by Crippen LogP contribution is 2.23. The summed E-state index contributed by atoms with van der Waals surface area (Å²) >= 11 is 0. The monoisotopic (exact) mass is 225 g/mol. The Bertz CT molecular complexity index is 385. The maximum absolute atomic E-state index is 10.5. The fourth-order valence-corrected chi connectivity index (χ4v) is 1.98. The normalized spacial score (nSPS) is 12.8. The van der Waals surface area contributed by atoms with E-state index >= 15 is 0 Å². The molecule has 1 aromatic rings. The Hall–Kier alpha value is -1.36. The predicted molar refractivity (Wildman–Crippen MR) is 61.2 cm³/mol. The first-order valence-corrected chi connectivity index (χ1v) is 5.48. The highest BCUT2D eigenvalue weighted by atomic mass is 16.4. The van der Waals surface area contributed by atoms with Crippen molar-refractivity contribution in [3.63, 3.8) is 0 Å². The van der Waals surface area contributed by atoms with E-state index in [0.717, 1.165) is 23.5 Å². The zero-order valence-corrected chi connectivity index (χ0v) is 10.0. The smallest absolute Gasteiger partial charge is 0.303 e. The molecule has 1 atom stereocenters. The van der Waals surface area contributed by atoms with Crippen LogP contribution in [0.3, 0.4) is 0 Å². The number of hydrogen-bond donors (Lipinski definition) is 2. The van der Waals surface area contributed by atoms with E-state index in [0.29, 0.717) is 6.42 Å². The quantitative estimate of drug-likeness (QED) is 0.793. The van der Waals surface area contributed by atoms with Crippen LogP contribution in [0.25, 0.3) is 0 Å². The van der Waals surface area contributed by atoms with E-state index in [1.165, 1.54) is 0 Å². The van der Waals surface area contributed by atoms with Gasteiger partial charge in [0.2, 0.25) is 0 Å². The van der Waals surface area contributed by atoms with Crippen molar-refractivity contribution in [2.75, 3.05) is 0 Å². The van der Waals surface area contributed by atoms with Crippen LogP contribution in [0.2, 0.25) is 0 Å². The molecule has 0 bridgehead atoms. The summed E-state index contributed by atoms with van der Waals surface area (Å²) in [7, 11) is 0. The van der Waals surface area contributed by atoms with Crippen LogP contribution in [0.15, 0.2) is 0 Å². The van der Waals surface area contributed by atoms with E-state index in [1.54, 1.807) is 0 Å². The number of aromatic nitrogens is 2. The molecule has 5 nitrogen and oxygen atoms in total. The number of aryl methyl sites for hydroxylation is 2. The average molecular weight is 225 g/mol. The summed E-state index contributed by atoms with van der Waals surface area (Å²) in [6.07, 6.45) is 0.545. The summed E-state index contributed by atoms with van der Waals surface area (Å²) in [5, 5.41) is 13.0. The maximum Gasteiger partial charge on any atom is 0.303 e. The summed E-state index contributed by atoms with van der Waals surface area (Å²) in [5.74, 6) is -0.811. The fourth-order valence-electron chi connectivity index (χ4n) is 1.98. The Kier molecular flexibility index (Phi) is 4.06. The lowest BCUT2D eigenvalue weighted by Crippen LogP contribution is -2.14. The van der Waals surface area contributed by atoms with Crippen molar-refractivity contribution in [3.8, 4) is 0 Å². The first-order chi connectivity index (χ1) is 7.47. The van der Waals surface area contributed by atoms with Crippen LogP contribution in [-0.2, 0) is 11.3 Å². The van der Waals surface area contributed by atoms with Crippen LogP contribution in [0.4, 0.5) is 0 Å². The Morgan fingerprint density at radius 2 is 2.19 bits per heavy atom. The van der Waals surface area contributed by atoms with Crippen LogP contribution in [-0.4, -0.2) is 20.9 Å². The zero-order chi connectivity index (χ0) is 12.3. The van der Waals surface area contributed by atoms with Crippen LogP contribution in [0.1, 0.15) is 42.8 Å². The molecule has 1 aromatic heterocycles. The second kappa shape index (κ2) is 5.12. The first-order valence-electron chi connectivity index (χ1n) is 5.48. The lowest BCUT2D eigenvalue weighted by atomic mass is 10.0. The predicted octanol–water partition coefficient (Wildman–Crippen LogP) is 1.38. The minimum atomic E-state index is -0.811. The Balaban J connectivity index is 2.86. The minimum absolute atomic E-state index is 0.0946. The molecule has 5 heteroatoms. The lowest BCUT2D eigenvalue weighted by Gasteiger charge is -2.11. The molecule has 0 saturated carbocycles. The molecule has 0 amide bonds. The van der Waals surface area contributed by atoms with E-state index < -0.39 is 5.97 Å². The molecule has 0 aliphatic heterocycles. The summed E-state index contributed by atoms with van der Waals surface area (Å²) in [6, 6.07) is -0.239. The van der Waals surface area contributed by atoms with Crippen molar-refractivity contribution >= 4 is 5.97 Å².